The van der Waals surface area contributed by atoms with E-state index in [0.29, 0.717) is 11.6 Å². The molecule has 100 valence electrons. The number of nitrogens with zero attached hydrogens (tertiary/aromatic N) is 2. The number of halogens is 1. The first-order valence-electron chi connectivity index (χ1n) is 6.34. The van der Waals surface area contributed by atoms with Gasteiger partial charge < -0.3 is 14.2 Å². The van der Waals surface area contributed by atoms with Crippen molar-refractivity contribution >= 4 is 17.5 Å². The van der Waals surface area contributed by atoms with Gasteiger partial charge in [-0.05, 0) is 26.0 Å². The average Bonchev–Trinajstić information content (AvgIpc) is 2.64. The lowest BCUT2D eigenvalue weighted by molar-refractivity contribution is 0.0729. The first-order valence-corrected chi connectivity index (χ1v) is 6.87. The van der Waals surface area contributed by atoms with Crippen LogP contribution in [0.4, 0.5) is 0 Å². The molecule has 1 fully saturated rings. The summed E-state index contributed by atoms with van der Waals surface area (Å²) in [4.78, 5) is 16.5. The van der Waals surface area contributed by atoms with Gasteiger partial charge in [0.15, 0.2) is 5.76 Å². The molecule has 18 heavy (non-hydrogen) atoms. The first-order chi connectivity index (χ1) is 8.72. The van der Waals surface area contributed by atoms with Crippen LogP contribution in [0.15, 0.2) is 16.7 Å². The third-order valence-electron chi connectivity index (χ3n) is 3.33. The Kier molecular flexibility index (Phi) is 4.66. The van der Waals surface area contributed by atoms with Crippen LogP contribution in [0.25, 0.3) is 0 Å². The second-order valence-electron chi connectivity index (χ2n) is 4.61. The number of carbonyl (C=O) groups excluding carboxylic acids is 1. The fraction of sp³-hybridized carbons (Fsp3) is 0.615. The quantitative estimate of drug-likeness (QED) is 0.788. The van der Waals surface area contributed by atoms with Gasteiger partial charge in [-0.15, -0.1) is 11.6 Å². The van der Waals surface area contributed by atoms with Crippen molar-refractivity contribution in [1.82, 2.24) is 9.80 Å². The lowest BCUT2D eigenvalue weighted by Gasteiger charge is -2.20. The molecule has 2 heterocycles. The van der Waals surface area contributed by atoms with Crippen molar-refractivity contribution in [3.8, 4) is 0 Å². The van der Waals surface area contributed by atoms with Crippen LogP contribution in [-0.4, -0.2) is 54.3 Å². The molecule has 0 radical (unpaired) electrons. The second-order valence-corrected chi connectivity index (χ2v) is 4.99. The summed E-state index contributed by atoms with van der Waals surface area (Å²) >= 11 is 5.75. The van der Waals surface area contributed by atoms with Gasteiger partial charge in [-0.2, -0.15) is 0 Å². The van der Waals surface area contributed by atoms with E-state index < -0.39 is 0 Å². The molecule has 5 heteroatoms. The molecule has 1 saturated heterocycles. The number of carbonyl (C=O) groups is 1. The largest absolute Gasteiger partial charge is 0.459 e. The molecule has 0 unspecified atom stereocenters. The maximum Gasteiger partial charge on any atom is 0.289 e. The van der Waals surface area contributed by atoms with E-state index in [-0.39, 0.29) is 5.91 Å². The van der Waals surface area contributed by atoms with Gasteiger partial charge in [-0.3, -0.25) is 4.79 Å². The van der Waals surface area contributed by atoms with E-state index in [4.69, 9.17) is 16.0 Å². The number of hydrogen-bond donors (Lipinski definition) is 0. The Morgan fingerprint density at radius 2 is 2.22 bits per heavy atom. The topological polar surface area (TPSA) is 36.7 Å². The van der Waals surface area contributed by atoms with Gasteiger partial charge in [0.25, 0.3) is 5.91 Å². The minimum absolute atomic E-state index is 0.00484. The van der Waals surface area contributed by atoms with Gasteiger partial charge in [-0.1, -0.05) is 0 Å². The number of alkyl halides is 1. The van der Waals surface area contributed by atoms with E-state index in [1.165, 1.54) is 0 Å². The fourth-order valence-electron chi connectivity index (χ4n) is 2.25. The van der Waals surface area contributed by atoms with Crippen LogP contribution in [0.2, 0.25) is 0 Å². The van der Waals surface area contributed by atoms with Crippen molar-refractivity contribution in [2.45, 2.75) is 13.3 Å². The number of amides is 1. The predicted molar refractivity (Wildman–Crippen MR) is 71.1 cm³/mol. The van der Waals surface area contributed by atoms with Gasteiger partial charge in [0.05, 0.1) is 6.26 Å². The summed E-state index contributed by atoms with van der Waals surface area (Å²) in [5, 5.41) is 0. The Morgan fingerprint density at radius 1 is 1.39 bits per heavy atom. The summed E-state index contributed by atoms with van der Waals surface area (Å²) in [5.41, 5.74) is 0.905. The maximum atomic E-state index is 12.3. The lowest BCUT2D eigenvalue weighted by Crippen LogP contribution is -2.35. The van der Waals surface area contributed by atoms with Gasteiger partial charge in [0.1, 0.15) is 0 Å². The van der Waals surface area contributed by atoms with E-state index in [1.54, 1.807) is 6.26 Å². The molecule has 1 aliphatic rings. The summed E-state index contributed by atoms with van der Waals surface area (Å²) in [6, 6.07) is 1.82. The van der Waals surface area contributed by atoms with Crippen LogP contribution < -0.4 is 0 Å². The zero-order valence-corrected chi connectivity index (χ0v) is 11.4. The van der Waals surface area contributed by atoms with E-state index in [9.17, 15) is 4.79 Å². The predicted octanol–water partition coefficient (Wildman–Crippen LogP) is 1.97. The van der Waals surface area contributed by atoms with Crippen molar-refractivity contribution < 1.29 is 9.21 Å². The molecule has 0 aromatic carbocycles. The molecule has 1 amide bonds. The van der Waals surface area contributed by atoms with Crippen molar-refractivity contribution in [2.75, 3.05) is 38.6 Å². The average molecular weight is 271 g/mol. The molecular formula is C13H19ClN2O2. The third kappa shape index (κ3) is 3.06. The summed E-state index contributed by atoms with van der Waals surface area (Å²) in [5.74, 6) is 1.12. The SMILES string of the molecule is Cc1ccoc1C(=O)N1CCCN(CCCl)CC1. The number of aryl methyl sites for hydroxylation is 1. The molecule has 1 aromatic rings. The third-order valence-corrected chi connectivity index (χ3v) is 3.50. The van der Waals surface area contributed by atoms with Crippen LogP contribution in [0, 0.1) is 6.92 Å². The van der Waals surface area contributed by atoms with Crippen molar-refractivity contribution in [3.63, 3.8) is 0 Å². The molecule has 0 N–H and O–H groups in total. The molecule has 1 aliphatic heterocycles. The molecule has 4 nitrogen and oxygen atoms in total. The van der Waals surface area contributed by atoms with Crippen LogP contribution in [0.3, 0.4) is 0 Å². The number of hydrogen-bond acceptors (Lipinski definition) is 3. The summed E-state index contributed by atoms with van der Waals surface area (Å²) in [6.45, 7) is 6.22. The standard InChI is InChI=1S/C13H19ClN2O2/c1-11-3-10-18-12(11)13(17)16-6-2-5-15(7-4-14)8-9-16/h3,10H,2,4-9H2,1H3. The first kappa shape index (κ1) is 13.4. The summed E-state index contributed by atoms with van der Waals surface area (Å²) in [6.07, 6.45) is 2.56. The molecular weight excluding hydrogens is 252 g/mol. The minimum atomic E-state index is 0.00484. The van der Waals surface area contributed by atoms with Crippen molar-refractivity contribution in [2.24, 2.45) is 0 Å². The van der Waals surface area contributed by atoms with Crippen LogP contribution >= 0.6 is 11.6 Å². The molecule has 0 aliphatic carbocycles. The lowest BCUT2D eigenvalue weighted by atomic mass is 10.2. The van der Waals surface area contributed by atoms with Crippen molar-refractivity contribution in [1.29, 1.82) is 0 Å². The van der Waals surface area contributed by atoms with Crippen LogP contribution in [0.5, 0.6) is 0 Å². The van der Waals surface area contributed by atoms with Crippen molar-refractivity contribution in [3.05, 3.63) is 23.7 Å². The molecule has 0 spiro atoms. The fourth-order valence-corrected chi connectivity index (χ4v) is 2.49. The monoisotopic (exact) mass is 270 g/mol. The Hall–Kier alpha value is -1.00. The Labute approximate surface area is 112 Å². The van der Waals surface area contributed by atoms with E-state index >= 15 is 0 Å². The normalized spacial score (nSPS) is 17.8. The molecule has 2 rings (SSSR count). The number of furan rings is 1. The second kappa shape index (κ2) is 6.25. The molecule has 1 aromatic heterocycles. The number of rotatable bonds is 3. The van der Waals surface area contributed by atoms with Gasteiger partial charge >= 0.3 is 0 Å². The van der Waals surface area contributed by atoms with Crippen LogP contribution in [-0.2, 0) is 0 Å². The molecule has 0 saturated carbocycles. The van der Waals surface area contributed by atoms with Gasteiger partial charge in [0.2, 0.25) is 0 Å². The van der Waals surface area contributed by atoms with Gasteiger partial charge in [-0.25, -0.2) is 0 Å². The highest BCUT2D eigenvalue weighted by Gasteiger charge is 2.23. The zero-order chi connectivity index (χ0) is 13.0. The van der Waals surface area contributed by atoms with E-state index in [0.717, 1.165) is 44.7 Å². The maximum absolute atomic E-state index is 12.3. The Balaban J connectivity index is 1.98. The molecule has 0 atom stereocenters. The zero-order valence-electron chi connectivity index (χ0n) is 10.7. The highest BCUT2D eigenvalue weighted by atomic mass is 35.5. The Morgan fingerprint density at radius 3 is 2.89 bits per heavy atom. The van der Waals surface area contributed by atoms with Crippen LogP contribution in [0.1, 0.15) is 22.5 Å². The van der Waals surface area contributed by atoms with E-state index in [2.05, 4.69) is 4.90 Å². The highest BCUT2D eigenvalue weighted by molar-refractivity contribution is 6.18. The smallest absolute Gasteiger partial charge is 0.289 e. The Bertz CT molecular complexity index is 405. The highest BCUT2D eigenvalue weighted by Crippen LogP contribution is 2.14. The van der Waals surface area contributed by atoms with Gasteiger partial charge in [0, 0.05) is 37.6 Å². The summed E-state index contributed by atoms with van der Waals surface area (Å²) in [7, 11) is 0. The molecule has 0 bridgehead atoms. The summed E-state index contributed by atoms with van der Waals surface area (Å²) < 4.78 is 5.27. The van der Waals surface area contributed by atoms with E-state index in [1.807, 2.05) is 17.9 Å². The minimum Gasteiger partial charge on any atom is -0.459 e.